The average molecular weight is 472 g/mol. The third-order valence-electron chi connectivity index (χ3n) is 7.41. The Balaban J connectivity index is 1.35. The molecule has 2 aliphatic rings. The van der Waals surface area contributed by atoms with Crippen LogP contribution in [0.3, 0.4) is 0 Å². The first-order valence-electron chi connectivity index (χ1n) is 13.0. The van der Waals surface area contributed by atoms with Gasteiger partial charge >= 0.3 is 0 Å². The summed E-state index contributed by atoms with van der Waals surface area (Å²) in [5.41, 5.74) is 2.89. The summed E-state index contributed by atoms with van der Waals surface area (Å²) in [5.74, 6) is 8.07. The molecule has 1 atom stereocenters. The quantitative estimate of drug-likeness (QED) is 0.526. The molecule has 2 aromatic heterocycles. The number of likely N-dealkylation sites (tertiary alicyclic amines) is 1. The Kier molecular flexibility index (Phi) is 7.60. The van der Waals surface area contributed by atoms with E-state index in [0.717, 1.165) is 42.9 Å². The van der Waals surface area contributed by atoms with Crippen molar-refractivity contribution in [2.75, 3.05) is 39.0 Å². The molecule has 0 spiro atoms. The Morgan fingerprint density at radius 2 is 1.91 bits per heavy atom. The van der Waals surface area contributed by atoms with Crippen LogP contribution in [0.1, 0.15) is 49.8 Å². The van der Waals surface area contributed by atoms with E-state index in [0.29, 0.717) is 24.5 Å². The molecule has 1 saturated carbocycles. The van der Waals surface area contributed by atoms with Crippen LogP contribution in [0.25, 0.3) is 11.0 Å². The highest BCUT2D eigenvalue weighted by molar-refractivity contribution is 5.81. The van der Waals surface area contributed by atoms with E-state index < -0.39 is 0 Å². The minimum Gasteiger partial charge on any atom is -0.350 e. The standard InChI is InChI=1S/C28H37N7/c1-33(2)24-14-8-16-34(21-24)17-9-15-26-25-19-30-28(29-18-22-10-4-3-5-11-22)31-27(25)35(32-26)20-23-12-6-7-13-23/h3-5,10-11,19,23-24H,6-8,12-14,16-18,20-21H2,1-2H3,(H,29,30,31). The smallest absolute Gasteiger partial charge is 0.224 e. The Morgan fingerprint density at radius 1 is 1.09 bits per heavy atom. The van der Waals surface area contributed by atoms with Crippen molar-refractivity contribution in [2.24, 2.45) is 5.92 Å². The summed E-state index contributed by atoms with van der Waals surface area (Å²) in [5, 5.41) is 9.25. The van der Waals surface area contributed by atoms with Gasteiger partial charge in [-0.25, -0.2) is 9.67 Å². The normalized spacial score (nSPS) is 19.2. The maximum absolute atomic E-state index is 4.92. The molecular weight excluding hydrogens is 434 g/mol. The Hall–Kier alpha value is -2.95. The molecule has 0 radical (unpaired) electrons. The Labute approximate surface area is 208 Å². The second-order valence-corrected chi connectivity index (χ2v) is 10.2. The zero-order valence-electron chi connectivity index (χ0n) is 21.1. The highest BCUT2D eigenvalue weighted by atomic mass is 15.3. The van der Waals surface area contributed by atoms with Gasteiger partial charge in [0.2, 0.25) is 5.95 Å². The molecule has 5 rings (SSSR count). The highest BCUT2D eigenvalue weighted by Gasteiger charge is 2.21. The summed E-state index contributed by atoms with van der Waals surface area (Å²) < 4.78 is 2.08. The van der Waals surface area contributed by atoms with Gasteiger partial charge in [0.25, 0.3) is 0 Å². The number of hydrogen-bond donors (Lipinski definition) is 1. The summed E-state index contributed by atoms with van der Waals surface area (Å²) >= 11 is 0. The lowest BCUT2D eigenvalue weighted by Gasteiger charge is -2.35. The molecule has 1 aliphatic heterocycles. The molecule has 3 heterocycles. The van der Waals surface area contributed by atoms with Gasteiger partial charge in [0.1, 0.15) is 5.69 Å². The van der Waals surface area contributed by atoms with E-state index in [2.05, 4.69) is 62.9 Å². The van der Waals surface area contributed by atoms with Crippen molar-refractivity contribution in [1.82, 2.24) is 29.5 Å². The van der Waals surface area contributed by atoms with Crippen molar-refractivity contribution < 1.29 is 0 Å². The van der Waals surface area contributed by atoms with E-state index in [1.54, 1.807) is 0 Å². The summed E-state index contributed by atoms with van der Waals surface area (Å²) in [6.45, 7) is 4.58. The maximum atomic E-state index is 4.92. The van der Waals surface area contributed by atoms with Crippen LogP contribution >= 0.6 is 0 Å². The lowest BCUT2D eigenvalue weighted by molar-refractivity contribution is 0.145. The van der Waals surface area contributed by atoms with Gasteiger partial charge in [0.15, 0.2) is 5.65 Å². The van der Waals surface area contributed by atoms with Crippen LogP contribution in [0, 0.1) is 17.8 Å². The number of likely N-dealkylation sites (N-methyl/N-ethyl adjacent to an activating group) is 1. The number of fused-ring (bicyclic) bond motifs is 1. The minimum absolute atomic E-state index is 0.618. The fourth-order valence-corrected chi connectivity index (χ4v) is 5.31. The van der Waals surface area contributed by atoms with Crippen LogP contribution in [0.4, 0.5) is 5.95 Å². The van der Waals surface area contributed by atoms with Crippen LogP contribution in [0.2, 0.25) is 0 Å². The van der Waals surface area contributed by atoms with E-state index in [4.69, 9.17) is 10.1 Å². The SMILES string of the molecule is CN(C)C1CCCN(CC#Cc2nn(CC3CCCC3)c3nc(NCc4ccccc4)ncc23)C1. The number of nitrogens with one attached hydrogen (secondary N) is 1. The summed E-state index contributed by atoms with van der Waals surface area (Å²) in [7, 11) is 4.35. The van der Waals surface area contributed by atoms with Gasteiger partial charge < -0.3 is 10.2 Å². The van der Waals surface area contributed by atoms with Gasteiger partial charge in [-0.2, -0.15) is 10.1 Å². The summed E-state index contributed by atoms with van der Waals surface area (Å²) in [6.07, 6.45) is 9.57. The number of rotatable bonds is 7. The zero-order chi connectivity index (χ0) is 24.0. The second kappa shape index (κ2) is 11.2. The van der Waals surface area contributed by atoms with Gasteiger partial charge in [-0.1, -0.05) is 49.1 Å². The van der Waals surface area contributed by atoms with Gasteiger partial charge in [0, 0.05) is 31.9 Å². The first-order chi connectivity index (χ1) is 17.2. The summed E-state index contributed by atoms with van der Waals surface area (Å²) in [6, 6.07) is 11.0. The van der Waals surface area contributed by atoms with Crippen molar-refractivity contribution in [3.05, 3.63) is 47.8 Å². The van der Waals surface area contributed by atoms with Gasteiger partial charge in [-0.05, 0) is 63.7 Å². The van der Waals surface area contributed by atoms with Gasteiger partial charge in [-0.3, -0.25) is 4.90 Å². The molecule has 7 nitrogen and oxygen atoms in total. The van der Waals surface area contributed by atoms with Crippen molar-refractivity contribution in [3.63, 3.8) is 0 Å². The van der Waals surface area contributed by atoms with Crippen molar-refractivity contribution in [3.8, 4) is 11.8 Å². The molecular formula is C28H37N7. The third kappa shape index (κ3) is 6.01. The predicted octanol–water partition coefficient (Wildman–Crippen LogP) is 4.01. The number of nitrogens with zero attached hydrogens (tertiary/aromatic N) is 6. The fraction of sp³-hybridized carbons (Fsp3) is 0.536. The van der Waals surface area contributed by atoms with E-state index in [1.165, 1.54) is 44.1 Å². The first-order valence-corrected chi connectivity index (χ1v) is 13.0. The molecule has 0 bridgehead atoms. The number of anilines is 1. The largest absolute Gasteiger partial charge is 0.350 e. The lowest BCUT2D eigenvalue weighted by Crippen LogP contribution is -2.45. The molecule has 35 heavy (non-hydrogen) atoms. The van der Waals surface area contributed by atoms with Crippen LogP contribution in [-0.4, -0.2) is 69.3 Å². The highest BCUT2D eigenvalue weighted by Crippen LogP contribution is 2.28. The second-order valence-electron chi connectivity index (χ2n) is 10.2. The predicted molar refractivity (Wildman–Crippen MR) is 141 cm³/mol. The van der Waals surface area contributed by atoms with Crippen LogP contribution in [0.15, 0.2) is 36.5 Å². The molecule has 0 amide bonds. The van der Waals surface area contributed by atoms with Crippen LogP contribution in [-0.2, 0) is 13.1 Å². The van der Waals surface area contributed by atoms with E-state index >= 15 is 0 Å². The third-order valence-corrected chi connectivity index (χ3v) is 7.41. The fourth-order valence-electron chi connectivity index (χ4n) is 5.31. The molecule has 3 aromatic rings. The maximum Gasteiger partial charge on any atom is 0.224 e. The zero-order valence-corrected chi connectivity index (χ0v) is 21.1. The molecule has 1 aliphatic carbocycles. The molecule has 184 valence electrons. The topological polar surface area (TPSA) is 62.1 Å². The summed E-state index contributed by atoms with van der Waals surface area (Å²) in [4.78, 5) is 14.3. The van der Waals surface area contributed by atoms with E-state index in [-0.39, 0.29) is 0 Å². The minimum atomic E-state index is 0.618. The number of benzene rings is 1. The van der Waals surface area contributed by atoms with Crippen molar-refractivity contribution in [1.29, 1.82) is 0 Å². The average Bonchev–Trinajstić information content (AvgIpc) is 3.52. The van der Waals surface area contributed by atoms with E-state index in [1.807, 2.05) is 24.4 Å². The van der Waals surface area contributed by atoms with Crippen molar-refractivity contribution >= 4 is 17.0 Å². The Bertz CT molecular complexity index is 1170. The van der Waals surface area contributed by atoms with Crippen LogP contribution in [0.5, 0.6) is 0 Å². The molecule has 1 N–H and O–H groups in total. The van der Waals surface area contributed by atoms with E-state index in [9.17, 15) is 0 Å². The lowest BCUT2D eigenvalue weighted by atomic mass is 10.1. The number of piperidine rings is 1. The Morgan fingerprint density at radius 3 is 2.71 bits per heavy atom. The monoisotopic (exact) mass is 471 g/mol. The molecule has 1 saturated heterocycles. The molecule has 2 fully saturated rings. The molecule has 7 heteroatoms. The number of hydrogen-bond acceptors (Lipinski definition) is 6. The van der Waals surface area contributed by atoms with Crippen LogP contribution < -0.4 is 5.32 Å². The van der Waals surface area contributed by atoms with Gasteiger partial charge in [0.05, 0.1) is 11.9 Å². The van der Waals surface area contributed by atoms with Gasteiger partial charge in [-0.15, -0.1) is 0 Å². The molecule has 1 aromatic carbocycles. The number of aromatic nitrogens is 4. The molecule has 1 unspecified atom stereocenters. The van der Waals surface area contributed by atoms with Crippen molar-refractivity contribution in [2.45, 2.75) is 57.7 Å². The first kappa shape index (κ1) is 23.8.